The molecule has 0 fully saturated rings. The van der Waals surface area contributed by atoms with Crippen molar-refractivity contribution in [2.75, 3.05) is 59.7 Å². The molecule has 2 N–H and O–H groups in total. The molecule has 190 valence electrons. The van der Waals surface area contributed by atoms with Crippen molar-refractivity contribution in [2.45, 2.75) is 64.7 Å². The van der Waals surface area contributed by atoms with Gasteiger partial charge in [0.15, 0.2) is 0 Å². The number of hydrogen-bond acceptors (Lipinski definition) is 14. The molecule has 2 heterocycles. The fourth-order valence-corrected chi connectivity index (χ4v) is 7.52. The van der Waals surface area contributed by atoms with Gasteiger partial charge in [-0.05, 0) is 81.8 Å². The molecule has 2 rings (SSSR count). The van der Waals surface area contributed by atoms with E-state index in [2.05, 4.69) is 91.9 Å². The van der Waals surface area contributed by atoms with E-state index in [1.165, 1.54) is 21.6 Å². The summed E-state index contributed by atoms with van der Waals surface area (Å²) in [4.78, 5) is 31.9. The highest BCUT2D eigenvalue weighted by Gasteiger charge is 2.14. The lowest BCUT2D eigenvalue weighted by molar-refractivity contribution is 0.781. The van der Waals surface area contributed by atoms with Crippen molar-refractivity contribution in [2.24, 2.45) is 0 Å². The SMILES string of the molecule is CCCNc1nc(SSSSc2nc(NCCC)nc(N(CC)CC)n2)nc(N(CC)CC)n1. The topological polar surface area (TPSA) is 108 Å². The molecule has 0 atom stereocenters. The molecule has 0 spiro atoms. The van der Waals surface area contributed by atoms with Crippen LogP contribution in [0.3, 0.4) is 0 Å². The fraction of sp³-hybridized carbons (Fsp3) is 0.700. The highest BCUT2D eigenvalue weighted by molar-refractivity contribution is 9.26. The van der Waals surface area contributed by atoms with E-state index in [1.807, 2.05) is 0 Å². The van der Waals surface area contributed by atoms with E-state index in [-0.39, 0.29) is 0 Å². The lowest BCUT2D eigenvalue weighted by Crippen LogP contribution is -2.25. The predicted octanol–water partition coefficient (Wildman–Crippen LogP) is 5.49. The van der Waals surface area contributed by atoms with Crippen LogP contribution in [0.4, 0.5) is 23.8 Å². The Hall–Kier alpha value is -1.38. The van der Waals surface area contributed by atoms with Gasteiger partial charge in [-0.1, -0.05) is 13.8 Å². The van der Waals surface area contributed by atoms with Crippen LogP contribution in [0.15, 0.2) is 10.3 Å². The first-order valence-electron chi connectivity index (χ1n) is 11.8. The number of aromatic nitrogens is 6. The first kappa shape index (κ1) is 28.9. The zero-order chi connectivity index (χ0) is 24.8. The predicted molar refractivity (Wildman–Crippen MR) is 151 cm³/mol. The molecule has 0 bridgehead atoms. The van der Waals surface area contributed by atoms with Crippen molar-refractivity contribution in [3.05, 3.63) is 0 Å². The third kappa shape index (κ3) is 9.34. The van der Waals surface area contributed by atoms with Gasteiger partial charge >= 0.3 is 0 Å². The minimum Gasteiger partial charge on any atom is -0.354 e. The summed E-state index contributed by atoms with van der Waals surface area (Å²) in [5.74, 6) is 2.64. The Kier molecular flexibility index (Phi) is 13.9. The maximum atomic E-state index is 4.66. The Labute approximate surface area is 218 Å². The summed E-state index contributed by atoms with van der Waals surface area (Å²) in [5.41, 5.74) is 0. The first-order chi connectivity index (χ1) is 16.6. The van der Waals surface area contributed by atoms with Crippen LogP contribution in [0, 0.1) is 0 Å². The maximum absolute atomic E-state index is 4.66. The molecule has 0 amide bonds. The molecule has 0 unspecified atom stereocenters. The number of nitrogens with one attached hydrogen (secondary N) is 2. The lowest BCUT2D eigenvalue weighted by atomic mass is 10.5. The molecule has 0 aromatic carbocycles. The van der Waals surface area contributed by atoms with E-state index >= 15 is 0 Å². The van der Waals surface area contributed by atoms with Crippen molar-refractivity contribution >= 4 is 65.0 Å². The monoisotopic (exact) mass is 544 g/mol. The fourth-order valence-electron chi connectivity index (χ4n) is 2.78. The Morgan fingerprint density at radius 2 is 0.941 bits per heavy atom. The first-order valence-corrected chi connectivity index (χ1v) is 16.6. The molecular weight excluding hydrogens is 509 g/mol. The molecule has 2 aromatic heterocycles. The molecule has 0 saturated carbocycles. The largest absolute Gasteiger partial charge is 0.354 e. The summed E-state index contributed by atoms with van der Waals surface area (Å²) >= 11 is 0. The van der Waals surface area contributed by atoms with Gasteiger partial charge in [0, 0.05) is 39.3 Å². The standard InChI is InChI=1S/C20H36N10S4/c1-7-13-21-15-23-17(29(9-3)10-4)27-19(25-15)31-33-34-32-20-26-16(22-14-8-2)24-18(28-20)30(11-5)12-6/h7-14H2,1-6H3,(H,21,23,25,27)(H,22,24,26,28). The smallest absolute Gasteiger partial charge is 0.231 e. The molecule has 0 aliphatic rings. The normalized spacial score (nSPS) is 10.9. The number of hydrogen-bond donors (Lipinski definition) is 2. The minimum absolute atomic E-state index is 0.618. The third-order valence-electron chi connectivity index (χ3n) is 4.61. The lowest BCUT2D eigenvalue weighted by Gasteiger charge is -2.19. The van der Waals surface area contributed by atoms with Gasteiger partial charge in [-0.2, -0.15) is 29.9 Å². The van der Waals surface area contributed by atoms with Gasteiger partial charge in [0.05, 0.1) is 0 Å². The van der Waals surface area contributed by atoms with E-state index < -0.39 is 0 Å². The molecule has 2 aromatic rings. The second-order valence-corrected chi connectivity index (χ2v) is 12.6. The van der Waals surface area contributed by atoms with Gasteiger partial charge in [-0.15, -0.1) is 0 Å². The number of nitrogens with zero attached hydrogens (tertiary/aromatic N) is 8. The van der Waals surface area contributed by atoms with Crippen LogP contribution in [0.5, 0.6) is 0 Å². The quantitative estimate of drug-likeness (QED) is 0.193. The van der Waals surface area contributed by atoms with E-state index in [0.29, 0.717) is 34.1 Å². The van der Waals surface area contributed by atoms with Gasteiger partial charge in [0.2, 0.25) is 34.1 Å². The van der Waals surface area contributed by atoms with Crippen LogP contribution >= 0.6 is 41.2 Å². The van der Waals surface area contributed by atoms with Crippen molar-refractivity contribution < 1.29 is 0 Å². The van der Waals surface area contributed by atoms with Crippen molar-refractivity contribution in [3.8, 4) is 0 Å². The molecule has 0 radical (unpaired) electrons. The Bertz CT molecular complexity index is 783. The van der Waals surface area contributed by atoms with Gasteiger partial charge in [0.1, 0.15) is 0 Å². The molecule has 34 heavy (non-hydrogen) atoms. The Morgan fingerprint density at radius 3 is 1.26 bits per heavy atom. The molecule has 0 saturated heterocycles. The second kappa shape index (κ2) is 16.3. The summed E-state index contributed by atoms with van der Waals surface area (Å²) in [5, 5.41) is 7.92. The van der Waals surface area contributed by atoms with Gasteiger partial charge in [-0.3, -0.25) is 0 Å². The molecular formula is C20H36N10S4. The Balaban J connectivity index is 2.07. The van der Waals surface area contributed by atoms with E-state index in [1.54, 1.807) is 19.7 Å². The summed E-state index contributed by atoms with van der Waals surface area (Å²) in [7, 11) is 6.18. The molecule has 10 nitrogen and oxygen atoms in total. The average Bonchev–Trinajstić information content (AvgIpc) is 2.85. The number of anilines is 4. The number of rotatable bonds is 17. The van der Waals surface area contributed by atoms with Crippen LogP contribution in [0.25, 0.3) is 0 Å². The zero-order valence-electron chi connectivity index (χ0n) is 20.9. The van der Waals surface area contributed by atoms with E-state index in [0.717, 1.165) is 52.1 Å². The molecule has 14 heteroatoms. The average molecular weight is 545 g/mol. The maximum Gasteiger partial charge on any atom is 0.231 e. The summed E-state index contributed by atoms with van der Waals surface area (Å²) in [6.07, 6.45) is 2.01. The van der Waals surface area contributed by atoms with Gasteiger partial charge in [-0.25, -0.2) is 0 Å². The molecule has 0 aliphatic heterocycles. The highest BCUT2D eigenvalue weighted by atomic mass is 33.7. The van der Waals surface area contributed by atoms with Gasteiger partial charge < -0.3 is 20.4 Å². The van der Waals surface area contributed by atoms with Crippen molar-refractivity contribution in [1.82, 2.24) is 29.9 Å². The zero-order valence-corrected chi connectivity index (χ0v) is 24.1. The van der Waals surface area contributed by atoms with Crippen LogP contribution in [0.1, 0.15) is 54.4 Å². The minimum atomic E-state index is 0.618. The molecule has 0 aliphatic carbocycles. The van der Waals surface area contributed by atoms with Crippen LogP contribution in [-0.2, 0) is 0 Å². The van der Waals surface area contributed by atoms with Crippen LogP contribution in [0.2, 0.25) is 0 Å². The van der Waals surface area contributed by atoms with Gasteiger partial charge in [0.25, 0.3) is 0 Å². The van der Waals surface area contributed by atoms with Crippen LogP contribution < -0.4 is 20.4 Å². The van der Waals surface area contributed by atoms with Crippen LogP contribution in [-0.4, -0.2) is 69.2 Å². The summed E-state index contributed by atoms with van der Waals surface area (Å²) in [6.45, 7) is 17.7. The van der Waals surface area contributed by atoms with Crippen molar-refractivity contribution in [3.63, 3.8) is 0 Å². The summed E-state index contributed by atoms with van der Waals surface area (Å²) < 4.78 is 0. The van der Waals surface area contributed by atoms with Crippen molar-refractivity contribution in [1.29, 1.82) is 0 Å². The van der Waals surface area contributed by atoms with E-state index in [9.17, 15) is 0 Å². The van der Waals surface area contributed by atoms with E-state index in [4.69, 9.17) is 0 Å². The third-order valence-corrected chi connectivity index (χ3v) is 10.2. The highest BCUT2D eigenvalue weighted by Crippen LogP contribution is 2.48. The Morgan fingerprint density at radius 1 is 0.559 bits per heavy atom. The second-order valence-electron chi connectivity index (χ2n) is 6.98. The summed E-state index contributed by atoms with van der Waals surface area (Å²) in [6, 6.07) is 0.